The first kappa shape index (κ1) is 9.71. The Morgan fingerprint density at radius 3 is 2.75 bits per heavy atom. The summed E-state index contributed by atoms with van der Waals surface area (Å²) in [4.78, 5) is 12.0. The lowest BCUT2D eigenvalue weighted by Gasteiger charge is -2.31. The van der Waals surface area contributed by atoms with E-state index >= 15 is 0 Å². The third-order valence-corrected chi connectivity index (χ3v) is 2.09. The zero-order valence-electron chi connectivity index (χ0n) is 6.52. The van der Waals surface area contributed by atoms with Crippen LogP contribution < -0.4 is 0 Å². The van der Waals surface area contributed by atoms with Crippen molar-refractivity contribution in [3.8, 4) is 0 Å². The van der Waals surface area contributed by atoms with Crippen LogP contribution in [0.5, 0.6) is 0 Å². The van der Waals surface area contributed by atoms with Crippen molar-refractivity contribution >= 4 is 17.5 Å². The molecular formula is C7H10ClF2NO. The molecule has 70 valence electrons. The van der Waals surface area contributed by atoms with Gasteiger partial charge in [0.05, 0.1) is 6.54 Å². The fourth-order valence-electron chi connectivity index (χ4n) is 1.26. The Morgan fingerprint density at radius 1 is 1.58 bits per heavy atom. The largest absolute Gasteiger partial charge is 0.336 e. The Balaban J connectivity index is 2.52. The van der Waals surface area contributed by atoms with E-state index in [4.69, 9.17) is 11.6 Å². The molecule has 1 aliphatic heterocycles. The summed E-state index contributed by atoms with van der Waals surface area (Å²) in [5.74, 6) is -3.34. The van der Waals surface area contributed by atoms with Crippen molar-refractivity contribution in [2.45, 2.75) is 18.8 Å². The standard InChI is InChI=1S/C7H10ClF2NO/c8-4-6(12)11-3-1-2-7(9,10)5-11/h1-5H2. The zero-order chi connectivity index (χ0) is 9.19. The summed E-state index contributed by atoms with van der Waals surface area (Å²) >= 11 is 5.24. The van der Waals surface area contributed by atoms with E-state index in [-0.39, 0.29) is 12.3 Å². The molecule has 2 nitrogen and oxygen atoms in total. The Kier molecular flexibility index (Phi) is 2.88. The van der Waals surface area contributed by atoms with E-state index in [1.54, 1.807) is 0 Å². The van der Waals surface area contributed by atoms with Gasteiger partial charge >= 0.3 is 0 Å². The average Bonchev–Trinajstić information content (AvgIpc) is 2.01. The molecule has 0 spiro atoms. The summed E-state index contributed by atoms with van der Waals surface area (Å²) in [5.41, 5.74) is 0. The topological polar surface area (TPSA) is 20.3 Å². The van der Waals surface area contributed by atoms with Gasteiger partial charge in [0.25, 0.3) is 5.92 Å². The minimum atomic E-state index is -2.72. The Bertz CT molecular complexity index is 186. The highest BCUT2D eigenvalue weighted by molar-refractivity contribution is 6.27. The molecule has 1 fully saturated rings. The highest BCUT2D eigenvalue weighted by atomic mass is 35.5. The van der Waals surface area contributed by atoms with Gasteiger partial charge in [-0.1, -0.05) is 0 Å². The molecule has 0 N–H and O–H groups in total. The molecule has 0 aromatic rings. The van der Waals surface area contributed by atoms with Crippen LogP contribution in [-0.4, -0.2) is 35.7 Å². The highest BCUT2D eigenvalue weighted by Gasteiger charge is 2.36. The van der Waals surface area contributed by atoms with Crippen LogP contribution in [0.25, 0.3) is 0 Å². The predicted octanol–water partition coefficient (Wildman–Crippen LogP) is 1.48. The number of hydrogen-bond donors (Lipinski definition) is 0. The van der Waals surface area contributed by atoms with E-state index in [1.165, 1.54) is 0 Å². The number of likely N-dealkylation sites (tertiary alicyclic amines) is 1. The van der Waals surface area contributed by atoms with Crippen molar-refractivity contribution in [1.82, 2.24) is 4.90 Å². The third kappa shape index (κ3) is 2.30. The maximum Gasteiger partial charge on any atom is 0.265 e. The predicted molar refractivity (Wildman–Crippen MR) is 41.5 cm³/mol. The van der Waals surface area contributed by atoms with Crippen LogP contribution in [0.1, 0.15) is 12.8 Å². The van der Waals surface area contributed by atoms with Crippen LogP contribution in [-0.2, 0) is 4.79 Å². The van der Waals surface area contributed by atoms with E-state index < -0.39 is 18.4 Å². The summed E-state index contributed by atoms with van der Waals surface area (Å²) in [6.45, 7) is -0.0697. The van der Waals surface area contributed by atoms with Crippen molar-refractivity contribution in [1.29, 1.82) is 0 Å². The normalized spacial score (nSPS) is 22.4. The van der Waals surface area contributed by atoms with Gasteiger partial charge in [0.2, 0.25) is 5.91 Å². The Hall–Kier alpha value is -0.380. The fraction of sp³-hybridized carbons (Fsp3) is 0.857. The second-order valence-electron chi connectivity index (χ2n) is 2.91. The molecule has 1 rings (SSSR count). The zero-order valence-corrected chi connectivity index (χ0v) is 7.28. The quantitative estimate of drug-likeness (QED) is 0.584. The van der Waals surface area contributed by atoms with Crippen molar-refractivity contribution < 1.29 is 13.6 Å². The molecule has 0 aromatic carbocycles. The van der Waals surface area contributed by atoms with Crippen LogP contribution in [0, 0.1) is 0 Å². The SMILES string of the molecule is O=C(CCl)N1CCCC(F)(F)C1. The van der Waals surface area contributed by atoms with Crippen LogP contribution in [0.15, 0.2) is 0 Å². The maximum absolute atomic E-state index is 12.7. The minimum Gasteiger partial charge on any atom is -0.336 e. The van der Waals surface area contributed by atoms with Crippen molar-refractivity contribution in [3.63, 3.8) is 0 Å². The van der Waals surface area contributed by atoms with Crippen LogP contribution in [0.2, 0.25) is 0 Å². The molecular weight excluding hydrogens is 188 g/mol. The summed E-state index contributed by atoms with van der Waals surface area (Å²) in [5, 5.41) is 0. The molecule has 1 saturated heterocycles. The third-order valence-electron chi connectivity index (χ3n) is 1.86. The molecule has 1 amide bonds. The van der Waals surface area contributed by atoms with Gasteiger partial charge in [-0.3, -0.25) is 4.79 Å². The van der Waals surface area contributed by atoms with Crippen LogP contribution >= 0.6 is 11.6 Å². The molecule has 5 heteroatoms. The second-order valence-corrected chi connectivity index (χ2v) is 3.18. The second kappa shape index (κ2) is 3.56. The molecule has 0 aromatic heterocycles. The molecule has 1 heterocycles. The van der Waals surface area contributed by atoms with E-state index in [0.717, 1.165) is 4.90 Å². The molecule has 0 aliphatic carbocycles. The summed E-state index contributed by atoms with van der Waals surface area (Å²) in [6.07, 6.45) is 0.231. The van der Waals surface area contributed by atoms with Gasteiger partial charge in [-0.05, 0) is 6.42 Å². The monoisotopic (exact) mass is 197 g/mol. The smallest absolute Gasteiger partial charge is 0.265 e. The van der Waals surface area contributed by atoms with E-state index in [9.17, 15) is 13.6 Å². The van der Waals surface area contributed by atoms with Crippen molar-refractivity contribution in [3.05, 3.63) is 0 Å². The molecule has 0 saturated carbocycles. The highest BCUT2D eigenvalue weighted by Crippen LogP contribution is 2.26. The first-order valence-electron chi connectivity index (χ1n) is 3.77. The number of alkyl halides is 3. The number of halogens is 3. The van der Waals surface area contributed by atoms with Crippen LogP contribution in [0.3, 0.4) is 0 Å². The Morgan fingerprint density at radius 2 is 2.25 bits per heavy atom. The van der Waals surface area contributed by atoms with E-state index in [0.29, 0.717) is 13.0 Å². The molecule has 12 heavy (non-hydrogen) atoms. The maximum atomic E-state index is 12.7. The lowest BCUT2D eigenvalue weighted by Crippen LogP contribution is -2.46. The molecule has 0 radical (unpaired) electrons. The number of hydrogen-bond acceptors (Lipinski definition) is 1. The van der Waals surface area contributed by atoms with Gasteiger partial charge in [-0.2, -0.15) is 0 Å². The van der Waals surface area contributed by atoms with Crippen molar-refractivity contribution in [2.24, 2.45) is 0 Å². The first-order chi connectivity index (χ1) is 5.55. The van der Waals surface area contributed by atoms with Crippen molar-refractivity contribution in [2.75, 3.05) is 19.0 Å². The number of carbonyl (C=O) groups excluding carboxylic acids is 1. The fourth-order valence-corrected chi connectivity index (χ4v) is 1.43. The van der Waals surface area contributed by atoms with Gasteiger partial charge in [0.15, 0.2) is 0 Å². The van der Waals surface area contributed by atoms with Gasteiger partial charge in [-0.25, -0.2) is 8.78 Å². The lowest BCUT2D eigenvalue weighted by molar-refractivity contribution is -0.138. The molecule has 1 aliphatic rings. The van der Waals surface area contributed by atoms with E-state index in [1.807, 2.05) is 0 Å². The molecule has 0 atom stereocenters. The molecule has 0 unspecified atom stereocenters. The number of nitrogens with zero attached hydrogens (tertiary/aromatic N) is 1. The van der Waals surface area contributed by atoms with E-state index in [2.05, 4.69) is 0 Å². The summed E-state index contributed by atoms with van der Waals surface area (Å²) < 4.78 is 25.4. The average molecular weight is 198 g/mol. The van der Waals surface area contributed by atoms with Gasteiger partial charge < -0.3 is 4.90 Å². The van der Waals surface area contributed by atoms with Gasteiger partial charge in [-0.15, -0.1) is 11.6 Å². The number of piperidine rings is 1. The summed E-state index contributed by atoms with van der Waals surface area (Å²) in [7, 11) is 0. The van der Waals surface area contributed by atoms with Gasteiger partial charge in [0, 0.05) is 13.0 Å². The Labute approximate surface area is 74.5 Å². The van der Waals surface area contributed by atoms with Crippen LogP contribution in [0.4, 0.5) is 8.78 Å². The van der Waals surface area contributed by atoms with Gasteiger partial charge in [0.1, 0.15) is 5.88 Å². The lowest BCUT2D eigenvalue weighted by atomic mass is 10.1. The first-order valence-corrected chi connectivity index (χ1v) is 4.30. The number of rotatable bonds is 1. The molecule has 0 bridgehead atoms. The minimum absolute atomic E-state index is 0.126. The number of carbonyl (C=O) groups is 1. The summed E-state index contributed by atoms with van der Waals surface area (Å²) in [6, 6.07) is 0. The number of amides is 1.